The summed E-state index contributed by atoms with van der Waals surface area (Å²) in [6.07, 6.45) is -3.01. The van der Waals surface area contributed by atoms with E-state index in [9.17, 15) is 21.6 Å². The Morgan fingerprint density at radius 1 is 0.964 bits per heavy atom. The van der Waals surface area contributed by atoms with Crippen molar-refractivity contribution in [3.05, 3.63) is 78.0 Å². The first-order valence-corrected chi connectivity index (χ1v) is 9.87. The van der Waals surface area contributed by atoms with Gasteiger partial charge in [0.15, 0.2) is 0 Å². The van der Waals surface area contributed by atoms with Crippen LogP contribution in [0, 0.1) is 0 Å². The Morgan fingerprint density at radius 3 is 2.11 bits per heavy atom. The molecular weight excluding hydrogens is 389 g/mol. The second kappa shape index (κ2) is 7.44. The molecule has 1 heterocycles. The van der Waals surface area contributed by atoms with Gasteiger partial charge in [-0.2, -0.15) is 13.2 Å². The van der Waals surface area contributed by atoms with Crippen molar-refractivity contribution >= 4 is 10.0 Å². The van der Waals surface area contributed by atoms with Crippen molar-refractivity contribution in [1.82, 2.24) is 8.87 Å². The zero-order valence-corrected chi connectivity index (χ0v) is 16.1. The topological polar surface area (TPSA) is 42.3 Å². The highest BCUT2D eigenvalue weighted by Crippen LogP contribution is 2.31. The van der Waals surface area contributed by atoms with Gasteiger partial charge in [-0.1, -0.05) is 30.3 Å². The quantitative estimate of drug-likeness (QED) is 0.626. The summed E-state index contributed by atoms with van der Waals surface area (Å²) in [6.45, 7) is 0.523. The second-order valence-electron chi connectivity index (χ2n) is 6.66. The Bertz CT molecular complexity index is 1060. The van der Waals surface area contributed by atoms with E-state index in [0.29, 0.717) is 17.8 Å². The Kier molecular flexibility index (Phi) is 5.36. The molecule has 0 fully saturated rings. The van der Waals surface area contributed by atoms with Crippen molar-refractivity contribution in [2.45, 2.75) is 17.6 Å². The largest absolute Gasteiger partial charge is 0.416 e. The fourth-order valence-corrected chi connectivity index (χ4v) is 4.29. The van der Waals surface area contributed by atoms with Crippen LogP contribution >= 0.6 is 0 Å². The Labute approximate surface area is 161 Å². The molecule has 0 saturated heterocycles. The number of halogens is 3. The third kappa shape index (κ3) is 4.13. The van der Waals surface area contributed by atoms with E-state index in [4.69, 9.17) is 0 Å². The third-order valence-corrected chi connectivity index (χ3v) is 5.84. The summed E-state index contributed by atoms with van der Waals surface area (Å²) in [6, 6.07) is 14.3. The Hall–Kier alpha value is -2.58. The first kappa shape index (κ1) is 20.2. The molecule has 0 aliphatic rings. The zero-order valence-electron chi connectivity index (χ0n) is 15.3. The van der Waals surface area contributed by atoms with Gasteiger partial charge in [0.1, 0.15) is 0 Å². The van der Waals surface area contributed by atoms with Crippen LogP contribution in [0.5, 0.6) is 0 Å². The molecule has 0 aliphatic carbocycles. The molecule has 1 aromatic heterocycles. The summed E-state index contributed by atoms with van der Waals surface area (Å²) in [5.74, 6) is 0. The van der Waals surface area contributed by atoms with Crippen molar-refractivity contribution < 1.29 is 21.6 Å². The first-order chi connectivity index (χ1) is 13.1. The van der Waals surface area contributed by atoms with Crippen molar-refractivity contribution in [2.24, 2.45) is 0 Å². The van der Waals surface area contributed by atoms with Crippen LogP contribution in [-0.4, -0.2) is 31.4 Å². The molecular formula is C20H19F3N2O2S. The first-order valence-electron chi connectivity index (χ1n) is 8.43. The van der Waals surface area contributed by atoms with Crippen LogP contribution in [0.15, 0.2) is 71.8 Å². The monoisotopic (exact) mass is 408 g/mol. The van der Waals surface area contributed by atoms with E-state index in [1.165, 1.54) is 6.20 Å². The number of hydrogen-bond donors (Lipinski definition) is 0. The lowest BCUT2D eigenvalue weighted by Gasteiger charge is -2.12. The van der Waals surface area contributed by atoms with E-state index in [1.54, 1.807) is 30.3 Å². The predicted octanol–water partition coefficient (Wildman–Crippen LogP) is 4.47. The minimum Gasteiger partial charge on any atom is -0.305 e. The van der Waals surface area contributed by atoms with E-state index < -0.39 is 21.8 Å². The lowest BCUT2D eigenvalue weighted by atomic mass is 10.1. The lowest BCUT2D eigenvalue weighted by molar-refractivity contribution is -0.137. The van der Waals surface area contributed by atoms with Crippen LogP contribution in [0.2, 0.25) is 0 Å². The molecule has 0 bridgehead atoms. The normalized spacial score (nSPS) is 12.5. The van der Waals surface area contributed by atoms with E-state index in [0.717, 1.165) is 33.8 Å². The summed E-state index contributed by atoms with van der Waals surface area (Å²) in [5, 5.41) is 0. The molecule has 4 nitrogen and oxygen atoms in total. The molecule has 0 unspecified atom stereocenters. The average molecular weight is 408 g/mol. The second-order valence-corrected chi connectivity index (χ2v) is 8.48. The maximum Gasteiger partial charge on any atom is 0.416 e. The van der Waals surface area contributed by atoms with Crippen LogP contribution < -0.4 is 0 Å². The fourth-order valence-electron chi connectivity index (χ4n) is 2.90. The van der Waals surface area contributed by atoms with E-state index in [1.807, 2.05) is 25.1 Å². The van der Waals surface area contributed by atoms with Crippen LogP contribution in [0.4, 0.5) is 13.2 Å². The number of benzene rings is 2. The summed E-state index contributed by atoms with van der Waals surface area (Å²) >= 11 is 0. The van der Waals surface area contributed by atoms with Gasteiger partial charge in [-0.15, -0.1) is 0 Å². The third-order valence-electron chi connectivity index (χ3n) is 4.15. The summed E-state index contributed by atoms with van der Waals surface area (Å²) < 4.78 is 65.8. The Balaban J connectivity index is 2.11. The highest BCUT2D eigenvalue weighted by molar-refractivity contribution is 7.90. The molecule has 0 N–H and O–H groups in total. The van der Waals surface area contributed by atoms with Crippen LogP contribution in [-0.2, 0) is 22.7 Å². The van der Waals surface area contributed by atoms with E-state index in [2.05, 4.69) is 0 Å². The minimum absolute atomic E-state index is 0.204. The lowest BCUT2D eigenvalue weighted by Crippen LogP contribution is -2.14. The van der Waals surface area contributed by atoms with Crippen LogP contribution in [0.1, 0.15) is 11.1 Å². The molecule has 28 heavy (non-hydrogen) atoms. The van der Waals surface area contributed by atoms with Crippen LogP contribution in [0.3, 0.4) is 0 Å². The van der Waals surface area contributed by atoms with Crippen molar-refractivity contribution in [3.63, 3.8) is 0 Å². The van der Waals surface area contributed by atoms with Crippen molar-refractivity contribution in [1.29, 1.82) is 0 Å². The SMILES string of the molecule is CN(C)Cc1cc(-c2ccccc2)n(S(=O)(=O)c2ccc(C(F)(F)F)cc2)c1. The van der Waals surface area contributed by atoms with Gasteiger partial charge in [0.2, 0.25) is 0 Å². The van der Waals surface area contributed by atoms with Gasteiger partial charge in [0, 0.05) is 12.7 Å². The predicted molar refractivity (Wildman–Crippen MR) is 101 cm³/mol. The van der Waals surface area contributed by atoms with Gasteiger partial charge in [-0.25, -0.2) is 12.4 Å². The molecule has 3 aromatic rings. The fraction of sp³-hybridized carbons (Fsp3) is 0.200. The van der Waals surface area contributed by atoms with Gasteiger partial charge in [-0.05, 0) is 55.6 Å². The Morgan fingerprint density at radius 2 is 1.57 bits per heavy atom. The minimum atomic E-state index is -4.52. The molecule has 0 radical (unpaired) electrons. The van der Waals surface area contributed by atoms with Crippen molar-refractivity contribution in [3.8, 4) is 11.3 Å². The maximum atomic E-state index is 13.2. The zero-order chi connectivity index (χ0) is 20.5. The molecule has 0 amide bonds. The highest BCUT2D eigenvalue weighted by Gasteiger charge is 2.31. The standard InChI is InChI=1S/C20H19F3N2O2S/c1-24(2)13-15-12-19(16-6-4-3-5-7-16)25(14-15)28(26,27)18-10-8-17(9-11-18)20(21,22)23/h3-12,14H,13H2,1-2H3. The van der Waals surface area contributed by atoms with Crippen LogP contribution in [0.25, 0.3) is 11.3 Å². The summed E-state index contributed by atoms with van der Waals surface area (Å²) in [5.41, 5.74) is 1.04. The smallest absolute Gasteiger partial charge is 0.305 e. The average Bonchev–Trinajstić information content (AvgIpc) is 3.06. The molecule has 0 saturated carbocycles. The number of rotatable bonds is 5. The summed E-state index contributed by atoms with van der Waals surface area (Å²) in [7, 11) is -0.334. The van der Waals surface area contributed by atoms with Gasteiger partial charge in [-0.3, -0.25) is 0 Å². The number of nitrogens with zero attached hydrogens (tertiary/aromatic N) is 2. The molecule has 0 spiro atoms. The van der Waals surface area contributed by atoms with Gasteiger partial charge in [0.05, 0.1) is 16.2 Å². The maximum absolute atomic E-state index is 13.2. The number of hydrogen-bond acceptors (Lipinski definition) is 3. The number of aromatic nitrogens is 1. The van der Waals surface area contributed by atoms with Gasteiger partial charge >= 0.3 is 6.18 Å². The molecule has 0 atom stereocenters. The van der Waals surface area contributed by atoms with Gasteiger partial charge in [0.25, 0.3) is 10.0 Å². The van der Waals surface area contributed by atoms with E-state index in [-0.39, 0.29) is 4.90 Å². The van der Waals surface area contributed by atoms with E-state index >= 15 is 0 Å². The molecule has 0 aliphatic heterocycles. The van der Waals surface area contributed by atoms with Crippen molar-refractivity contribution in [2.75, 3.05) is 14.1 Å². The molecule has 8 heteroatoms. The summed E-state index contributed by atoms with van der Waals surface area (Å²) in [4.78, 5) is 1.70. The number of alkyl halides is 3. The molecule has 148 valence electrons. The molecule has 3 rings (SSSR count). The molecule has 2 aromatic carbocycles. The van der Waals surface area contributed by atoms with Gasteiger partial charge < -0.3 is 4.90 Å². The highest BCUT2D eigenvalue weighted by atomic mass is 32.2.